The van der Waals surface area contributed by atoms with Gasteiger partial charge in [0.1, 0.15) is 0 Å². The van der Waals surface area contributed by atoms with E-state index in [-0.39, 0.29) is 19.0 Å². The van der Waals surface area contributed by atoms with E-state index in [1.54, 1.807) is 0 Å². The Kier molecular flexibility index (Phi) is 2.92. The van der Waals surface area contributed by atoms with Crippen LogP contribution in [0.4, 0.5) is 0 Å². The van der Waals surface area contributed by atoms with Crippen LogP contribution in [0.5, 0.6) is 0 Å². The molecule has 0 saturated carbocycles. The predicted octanol–water partition coefficient (Wildman–Crippen LogP) is 6.24. The van der Waals surface area contributed by atoms with Crippen molar-refractivity contribution >= 4 is 23.5 Å². The highest BCUT2D eigenvalue weighted by molar-refractivity contribution is 8.34. The van der Waals surface area contributed by atoms with Gasteiger partial charge in [-0.25, -0.2) is 0 Å². The van der Waals surface area contributed by atoms with Gasteiger partial charge >= 0.3 is 0 Å². The molecule has 3 heterocycles. The fraction of sp³-hybridized carbons (Fsp3) is 0.400. The van der Waals surface area contributed by atoms with Crippen molar-refractivity contribution in [2.75, 3.05) is 0 Å². The van der Waals surface area contributed by atoms with E-state index < -0.39 is 0 Å². The highest BCUT2D eigenvalue weighted by Gasteiger charge is 2.81. The quantitative estimate of drug-likeness (QED) is 0.641. The van der Waals surface area contributed by atoms with Gasteiger partial charge in [-0.1, -0.05) is 88.4 Å². The van der Waals surface area contributed by atoms with Crippen LogP contribution in [0.15, 0.2) is 60.7 Å². The summed E-state index contributed by atoms with van der Waals surface area (Å²) >= 11 is 4.34. The van der Waals surface area contributed by atoms with Crippen molar-refractivity contribution < 1.29 is 0 Å². The van der Waals surface area contributed by atoms with E-state index in [0.717, 1.165) is 0 Å². The molecule has 3 aliphatic rings. The average molecular weight is 327 g/mol. The molecular weight excluding hydrogens is 304 g/mol. The molecule has 3 fully saturated rings. The molecule has 2 bridgehead atoms. The first kappa shape index (κ1) is 14.7. The molecule has 2 aromatic carbocycles. The third kappa shape index (κ3) is 1.44. The summed E-state index contributed by atoms with van der Waals surface area (Å²) in [6.45, 7) is 9.82. The number of hydrogen-bond donors (Lipinski definition) is 0. The molecule has 0 radical (unpaired) electrons. The Morgan fingerprint density at radius 3 is 1.18 bits per heavy atom. The van der Waals surface area contributed by atoms with E-state index in [4.69, 9.17) is 0 Å². The normalized spacial score (nSPS) is 34.2. The maximum absolute atomic E-state index is 2.46. The van der Waals surface area contributed by atoms with Crippen LogP contribution in [-0.2, 0) is 8.16 Å². The molecule has 2 heteroatoms. The number of hydrogen-bond acceptors (Lipinski definition) is 2. The van der Waals surface area contributed by atoms with Gasteiger partial charge in [0.25, 0.3) is 0 Å². The van der Waals surface area contributed by atoms with E-state index in [2.05, 4.69) is 112 Å². The second kappa shape index (κ2) is 4.36. The minimum Gasteiger partial charge on any atom is -0.115 e. The van der Waals surface area contributed by atoms with Crippen molar-refractivity contribution in [3.63, 3.8) is 0 Å². The second-order valence-electron chi connectivity index (χ2n) is 7.42. The lowest BCUT2D eigenvalue weighted by Crippen LogP contribution is -2.37. The van der Waals surface area contributed by atoms with Crippen LogP contribution >= 0.6 is 23.5 Å². The summed E-state index contributed by atoms with van der Waals surface area (Å²) in [5.41, 5.74) is 3.36. The summed E-state index contributed by atoms with van der Waals surface area (Å²) in [5.74, 6) is 0. The first-order chi connectivity index (χ1) is 10.4. The predicted molar refractivity (Wildman–Crippen MR) is 99.0 cm³/mol. The van der Waals surface area contributed by atoms with Crippen LogP contribution in [-0.4, -0.2) is 0 Å². The van der Waals surface area contributed by atoms with Crippen molar-refractivity contribution in [2.24, 2.45) is 10.8 Å². The summed E-state index contributed by atoms with van der Waals surface area (Å²) in [6, 6.07) is 22.2. The van der Waals surface area contributed by atoms with Crippen LogP contribution in [0.25, 0.3) is 0 Å². The minimum atomic E-state index is 0.160. The third-order valence-electron chi connectivity index (χ3n) is 6.09. The molecule has 0 N–H and O–H groups in total. The fourth-order valence-electron chi connectivity index (χ4n) is 4.02. The van der Waals surface area contributed by atoms with Crippen molar-refractivity contribution in [2.45, 2.75) is 35.9 Å². The minimum absolute atomic E-state index is 0.160. The Balaban J connectivity index is 1.89. The van der Waals surface area contributed by atoms with Gasteiger partial charge in [-0.2, -0.15) is 0 Å². The largest absolute Gasteiger partial charge is 0.115 e. The van der Waals surface area contributed by atoms with Crippen LogP contribution < -0.4 is 0 Å². The zero-order valence-electron chi connectivity index (χ0n) is 13.6. The summed E-state index contributed by atoms with van der Waals surface area (Å²) in [5, 5.41) is 0. The average Bonchev–Trinajstić information content (AvgIpc) is 2.70. The van der Waals surface area contributed by atoms with Crippen LogP contribution in [0.1, 0.15) is 38.8 Å². The fourth-order valence-corrected chi connectivity index (χ4v) is 9.15. The Hall–Kier alpha value is -0.860. The highest BCUT2D eigenvalue weighted by Crippen LogP contribution is 2.94. The molecule has 3 saturated heterocycles. The zero-order valence-corrected chi connectivity index (χ0v) is 15.2. The Morgan fingerprint density at radius 2 is 0.864 bits per heavy atom. The number of benzene rings is 2. The first-order valence-corrected chi connectivity index (χ1v) is 9.52. The Morgan fingerprint density at radius 1 is 0.545 bits per heavy atom. The maximum atomic E-state index is 2.46. The Labute approximate surface area is 142 Å². The molecule has 0 atom stereocenters. The summed E-state index contributed by atoms with van der Waals surface area (Å²) in [4.78, 5) is 0. The molecule has 5 rings (SSSR count). The van der Waals surface area contributed by atoms with Gasteiger partial charge in [0.2, 0.25) is 0 Å². The molecule has 0 amide bonds. The van der Waals surface area contributed by atoms with E-state index in [1.165, 1.54) is 11.1 Å². The molecule has 0 aromatic heterocycles. The standard InChI is InChI=1S/C20H22S2/c1-17(2)18(3,4)20(16-13-9-6-10-14-16)21-19(17,22-20)15-11-7-5-8-12-15/h5-14H,1-4H3. The van der Waals surface area contributed by atoms with Gasteiger partial charge in [-0.15, -0.1) is 23.5 Å². The van der Waals surface area contributed by atoms with Gasteiger partial charge in [0, 0.05) is 10.8 Å². The van der Waals surface area contributed by atoms with E-state index in [0.29, 0.717) is 0 Å². The van der Waals surface area contributed by atoms with Gasteiger partial charge in [-0.3, -0.25) is 0 Å². The van der Waals surface area contributed by atoms with Crippen LogP contribution in [0, 0.1) is 10.8 Å². The molecule has 0 spiro atoms. The topological polar surface area (TPSA) is 0 Å². The third-order valence-corrected chi connectivity index (χ3v) is 11.2. The molecule has 0 aliphatic carbocycles. The number of fused-ring (bicyclic) bond motifs is 1. The maximum Gasteiger partial charge on any atom is 0.0951 e. The van der Waals surface area contributed by atoms with Gasteiger partial charge < -0.3 is 0 Å². The molecule has 0 nitrogen and oxygen atoms in total. The summed E-state index contributed by atoms with van der Waals surface area (Å²) in [7, 11) is 0. The number of rotatable bonds is 2. The second-order valence-corrected chi connectivity index (χ2v) is 10.8. The SMILES string of the molecule is CC1(C)C2(c3ccccc3)SC(c3ccccc3)(S2)C1(C)C. The summed E-state index contributed by atoms with van der Waals surface area (Å²) < 4.78 is 0.321. The van der Waals surface area contributed by atoms with Crippen molar-refractivity contribution in [1.29, 1.82) is 0 Å². The van der Waals surface area contributed by atoms with Crippen molar-refractivity contribution in [3.8, 4) is 0 Å². The molecular formula is C20H22S2. The van der Waals surface area contributed by atoms with E-state index in [1.807, 2.05) is 0 Å². The van der Waals surface area contributed by atoms with Crippen molar-refractivity contribution in [1.82, 2.24) is 0 Å². The van der Waals surface area contributed by atoms with E-state index >= 15 is 0 Å². The summed E-state index contributed by atoms with van der Waals surface area (Å²) in [6.07, 6.45) is 0. The molecule has 3 aliphatic heterocycles. The van der Waals surface area contributed by atoms with E-state index in [9.17, 15) is 0 Å². The molecule has 22 heavy (non-hydrogen) atoms. The lowest BCUT2D eigenvalue weighted by atomic mass is 9.62. The first-order valence-electron chi connectivity index (χ1n) is 7.89. The lowest BCUT2D eigenvalue weighted by Gasteiger charge is -2.50. The number of thioether (sulfide) groups is 2. The van der Waals surface area contributed by atoms with Crippen LogP contribution in [0.2, 0.25) is 0 Å². The van der Waals surface area contributed by atoms with Gasteiger partial charge in [0.05, 0.1) is 8.16 Å². The molecule has 2 aromatic rings. The monoisotopic (exact) mass is 326 g/mol. The van der Waals surface area contributed by atoms with Gasteiger partial charge in [0.15, 0.2) is 0 Å². The van der Waals surface area contributed by atoms with Gasteiger partial charge in [-0.05, 0) is 11.1 Å². The zero-order chi connectivity index (χ0) is 15.6. The van der Waals surface area contributed by atoms with Crippen LogP contribution in [0.3, 0.4) is 0 Å². The molecule has 114 valence electrons. The Bertz CT molecular complexity index is 634. The smallest absolute Gasteiger partial charge is 0.0951 e. The molecule has 0 unspecified atom stereocenters. The van der Waals surface area contributed by atoms with Crippen molar-refractivity contribution in [3.05, 3.63) is 71.8 Å². The highest BCUT2D eigenvalue weighted by atomic mass is 32.3. The lowest BCUT2D eigenvalue weighted by molar-refractivity contribution is 0.122.